The normalized spacial score (nSPS) is 29.8. The Bertz CT molecular complexity index is 755. The summed E-state index contributed by atoms with van der Waals surface area (Å²) >= 11 is 1.25. The summed E-state index contributed by atoms with van der Waals surface area (Å²) in [4.78, 5) is 0.951. The van der Waals surface area contributed by atoms with Gasteiger partial charge in [0.25, 0.3) is 0 Å². The molecule has 9 heteroatoms. The molecule has 3 heterocycles. The van der Waals surface area contributed by atoms with Crippen LogP contribution in [0.5, 0.6) is 0 Å². The fourth-order valence-electron chi connectivity index (χ4n) is 3.61. The van der Waals surface area contributed by atoms with E-state index < -0.39 is 20.0 Å². The first-order valence-corrected chi connectivity index (χ1v) is 11.4. The van der Waals surface area contributed by atoms with Crippen LogP contribution in [0.1, 0.15) is 30.6 Å². The van der Waals surface area contributed by atoms with Gasteiger partial charge in [-0.1, -0.05) is 0 Å². The van der Waals surface area contributed by atoms with E-state index in [0.29, 0.717) is 17.1 Å². The van der Waals surface area contributed by atoms with Gasteiger partial charge < -0.3 is 0 Å². The van der Waals surface area contributed by atoms with Crippen molar-refractivity contribution in [3.63, 3.8) is 0 Å². The first-order valence-electron chi connectivity index (χ1n) is 7.24. The Morgan fingerprint density at radius 2 is 1.73 bits per heavy atom. The number of rotatable bonds is 4. The van der Waals surface area contributed by atoms with E-state index in [4.69, 9.17) is 0 Å². The van der Waals surface area contributed by atoms with Gasteiger partial charge in [-0.05, 0) is 44.7 Å². The maximum Gasteiger partial charge on any atom is 0.250 e. The molecule has 124 valence electrons. The van der Waals surface area contributed by atoms with Crippen LogP contribution in [0.3, 0.4) is 0 Å². The minimum absolute atomic E-state index is 0.0773. The van der Waals surface area contributed by atoms with Crippen molar-refractivity contribution in [2.45, 2.75) is 54.9 Å². The summed E-state index contributed by atoms with van der Waals surface area (Å²) in [5, 5.41) is 0. The molecule has 2 aliphatic rings. The Kier molecular flexibility index (Phi) is 4.14. The summed E-state index contributed by atoms with van der Waals surface area (Å²) in [6, 6.07) is 3.05. The average molecular weight is 365 g/mol. The summed E-state index contributed by atoms with van der Waals surface area (Å²) in [6.45, 7) is 1.87. The fraction of sp³-hybridized carbons (Fsp3) is 0.692. The molecule has 0 amide bonds. The van der Waals surface area contributed by atoms with Crippen LogP contribution in [0.25, 0.3) is 0 Å². The highest BCUT2D eigenvalue weighted by Crippen LogP contribution is 2.38. The van der Waals surface area contributed by atoms with Crippen molar-refractivity contribution in [2.24, 2.45) is 0 Å². The van der Waals surface area contributed by atoms with Crippen LogP contribution in [-0.4, -0.2) is 45.5 Å². The Morgan fingerprint density at radius 3 is 2.18 bits per heavy atom. The maximum atomic E-state index is 12.4. The number of fused-ring (bicyclic) bond motifs is 2. The second kappa shape index (κ2) is 5.55. The van der Waals surface area contributed by atoms with Crippen molar-refractivity contribution in [3.05, 3.63) is 17.0 Å². The van der Waals surface area contributed by atoms with Crippen LogP contribution in [0.2, 0.25) is 0 Å². The summed E-state index contributed by atoms with van der Waals surface area (Å²) in [6.07, 6.45) is 3.96. The number of piperidine rings is 1. The molecule has 2 atom stereocenters. The molecular formula is C13H20N2O4S3. The predicted molar refractivity (Wildman–Crippen MR) is 85.9 cm³/mol. The molecule has 2 unspecified atom stereocenters. The zero-order valence-corrected chi connectivity index (χ0v) is 15.0. The third-order valence-electron chi connectivity index (χ3n) is 4.35. The molecule has 1 aromatic rings. The van der Waals surface area contributed by atoms with Crippen LogP contribution in [0.15, 0.2) is 16.3 Å². The molecule has 1 aromatic heterocycles. The van der Waals surface area contributed by atoms with E-state index in [1.807, 2.05) is 6.92 Å². The molecule has 0 saturated carbocycles. The van der Waals surface area contributed by atoms with E-state index in [2.05, 4.69) is 4.72 Å². The largest absolute Gasteiger partial charge is 0.250 e. The standard InChI is InChI=1S/C13H20N2O4S3/c1-9-3-6-13(20-9)22(18,19)14-10-7-11-4-5-12(8-10)15(11)21(2,16)17/h3,6,10-12,14H,4-5,7-8H2,1-2H3. The smallest absolute Gasteiger partial charge is 0.212 e. The SMILES string of the molecule is Cc1ccc(S(=O)(=O)NC2CC3CCC(C2)N3S(C)(=O)=O)s1. The van der Waals surface area contributed by atoms with Gasteiger partial charge in [-0.2, -0.15) is 4.31 Å². The van der Waals surface area contributed by atoms with Gasteiger partial charge in [-0.25, -0.2) is 21.6 Å². The van der Waals surface area contributed by atoms with Gasteiger partial charge in [0, 0.05) is 23.0 Å². The first-order chi connectivity index (χ1) is 10.2. The second-order valence-corrected chi connectivity index (χ2v) is 11.2. The van der Waals surface area contributed by atoms with Gasteiger partial charge in [-0.15, -0.1) is 11.3 Å². The monoisotopic (exact) mass is 364 g/mol. The predicted octanol–water partition coefficient (Wildman–Crippen LogP) is 1.29. The van der Waals surface area contributed by atoms with E-state index in [1.54, 1.807) is 16.4 Å². The number of sulfonamides is 2. The fourth-order valence-corrected chi connectivity index (χ4v) is 7.63. The third kappa shape index (κ3) is 3.09. The number of nitrogens with one attached hydrogen (secondary N) is 1. The molecule has 2 aliphatic heterocycles. The van der Waals surface area contributed by atoms with Crippen molar-refractivity contribution >= 4 is 31.4 Å². The molecule has 2 saturated heterocycles. The average Bonchev–Trinajstić information content (AvgIpc) is 2.92. The Labute approximate surface area is 135 Å². The lowest BCUT2D eigenvalue weighted by atomic mass is 10.0. The highest BCUT2D eigenvalue weighted by Gasteiger charge is 2.46. The minimum atomic E-state index is -3.51. The molecule has 0 spiro atoms. The van der Waals surface area contributed by atoms with E-state index in [0.717, 1.165) is 17.7 Å². The Morgan fingerprint density at radius 1 is 1.14 bits per heavy atom. The lowest BCUT2D eigenvalue weighted by molar-refractivity contribution is 0.221. The lowest BCUT2D eigenvalue weighted by Gasteiger charge is -2.37. The van der Waals surface area contributed by atoms with Crippen molar-refractivity contribution < 1.29 is 16.8 Å². The van der Waals surface area contributed by atoms with Crippen molar-refractivity contribution in [2.75, 3.05) is 6.26 Å². The molecule has 2 bridgehead atoms. The van der Waals surface area contributed by atoms with Gasteiger partial charge in [-0.3, -0.25) is 0 Å². The topological polar surface area (TPSA) is 83.6 Å². The number of nitrogens with zero attached hydrogens (tertiary/aromatic N) is 1. The molecule has 0 aromatic carbocycles. The summed E-state index contributed by atoms with van der Waals surface area (Å²) in [5.74, 6) is 0. The highest BCUT2D eigenvalue weighted by atomic mass is 32.2. The maximum absolute atomic E-state index is 12.4. The van der Waals surface area contributed by atoms with Gasteiger partial charge in [0.1, 0.15) is 4.21 Å². The molecule has 22 heavy (non-hydrogen) atoms. The minimum Gasteiger partial charge on any atom is -0.212 e. The van der Waals surface area contributed by atoms with E-state index >= 15 is 0 Å². The van der Waals surface area contributed by atoms with Crippen LogP contribution >= 0.6 is 11.3 Å². The molecule has 1 N–H and O–H groups in total. The van der Waals surface area contributed by atoms with Crippen molar-refractivity contribution in [1.29, 1.82) is 0 Å². The third-order valence-corrected chi connectivity index (χ3v) is 8.73. The van der Waals surface area contributed by atoms with E-state index in [1.165, 1.54) is 17.6 Å². The van der Waals surface area contributed by atoms with Gasteiger partial charge in [0.15, 0.2) is 0 Å². The lowest BCUT2D eigenvalue weighted by Crippen LogP contribution is -2.51. The quantitative estimate of drug-likeness (QED) is 0.873. The van der Waals surface area contributed by atoms with Gasteiger partial charge in [0.05, 0.1) is 6.26 Å². The zero-order chi connectivity index (χ0) is 16.1. The number of aryl methyl sites for hydroxylation is 1. The van der Waals surface area contributed by atoms with Gasteiger partial charge in [0.2, 0.25) is 20.0 Å². The van der Waals surface area contributed by atoms with E-state index in [-0.39, 0.29) is 18.1 Å². The molecule has 0 radical (unpaired) electrons. The van der Waals surface area contributed by atoms with E-state index in [9.17, 15) is 16.8 Å². The second-order valence-electron chi connectivity index (χ2n) is 6.13. The number of hydrogen-bond acceptors (Lipinski definition) is 5. The number of thiophene rings is 1. The summed E-state index contributed by atoms with van der Waals surface area (Å²) in [7, 11) is -6.73. The highest BCUT2D eigenvalue weighted by molar-refractivity contribution is 7.91. The van der Waals surface area contributed by atoms with Crippen LogP contribution in [-0.2, 0) is 20.0 Å². The number of hydrogen-bond donors (Lipinski definition) is 1. The summed E-state index contributed by atoms with van der Waals surface area (Å²) < 4.78 is 53.1. The molecule has 3 rings (SSSR count). The van der Waals surface area contributed by atoms with Crippen molar-refractivity contribution in [1.82, 2.24) is 9.03 Å². The zero-order valence-electron chi connectivity index (χ0n) is 12.5. The Hall–Kier alpha value is -0.480. The van der Waals surface area contributed by atoms with Crippen LogP contribution < -0.4 is 4.72 Å². The van der Waals surface area contributed by atoms with Gasteiger partial charge >= 0.3 is 0 Å². The molecule has 0 aliphatic carbocycles. The summed E-state index contributed by atoms with van der Waals surface area (Å²) in [5.41, 5.74) is 0. The molecular weight excluding hydrogens is 344 g/mol. The molecule has 6 nitrogen and oxygen atoms in total. The van der Waals surface area contributed by atoms with Crippen LogP contribution in [0, 0.1) is 6.92 Å². The first kappa shape index (κ1) is 16.4. The van der Waals surface area contributed by atoms with Crippen molar-refractivity contribution in [3.8, 4) is 0 Å². The Balaban J connectivity index is 1.75. The molecule has 2 fully saturated rings. The van der Waals surface area contributed by atoms with Crippen LogP contribution in [0.4, 0.5) is 0 Å².